The van der Waals surface area contributed by atoms with Gasteiger partial charge in [-0.1, -0.05) is 45.6 Å². The second-order valence-corrected chi connectivity index (χ2v) is 5.00. The molecule has 1 nitrogen and oxygen atoms in total. The molecule has 0 heterocycles. The zero-order valence-electron chi connectivity index (χ0n) is 9.00. The van der Waals surface area contributed by atoms with Gasteiger partial charge >= 0.3 is 0 Å². The Labute approximate surface area is 90.5 Å². The van der Waals surface area contributed by atoms with Crippen LogP contribution in [0.4, 0.5) is 0 Å². The average Bonchev–Trinajstić information content (AvgIpc) is 2.15. The van der Waals surface area contributed by atoms with Gasteiger partial charge in [-0.2, -0.15) is 0 Å². The third-order valence-electron chi connectivity index (χ3n) is 2.22. The van der Waals surface area contributed by atoms with Crippen molar-refractivity contribution in [3.05, 3.63) is 35.9 Å². The summed E-state index contributed by atoms with van der Waals surface area (Å²) in [6, 6.07) is 6.34. The van der Waals surface area contributed by atoms with Crippen molar-refractivity contribution >= 4 is 18.0 Å². The zero-order chi connectivity index (χ0) is 10.8. The Kier molecular flexibility index (Phi) is 3.40. The summed E-state index contributed by atoms with van der Waals surface area (Å²) in [5, 5.41) is 5.55. The molecule has 0 unspecified atom stereocenters. The van der Waals surface area contributed by atoms with Crippen molar-refractivity contribution in [1.82, 2.24) is 0 Å². The highest BCUT2D eigenvalue weighted by atomic mass is 32.2. The lowest BCUT2D eigenvalue weighted by molar-refractivity contribution is 0.589. The number of hydrogen-bond donors (Lipinski definition) is 1. The fraction of sp³-hybridized carbons (Fsp3) is 0.333. The van der Waals surface area contributed by atoms with Crippen LogP contribution in [0, 0.1) is 0 Å². The van der Waals surface area contributed by atoms with E-state index in [1.165, 1.54) is 17.5 Å². The van der Waals surface area contributed by atoms with Gasteiger partial charge < -0.3 is 0 Å². The molecule has 0 saturated heterocycles. The lowest BCUT2D eigenvalue weighted by Crippen LogP contribution is -2.11. The molecule has 0 amide bonds. The predicted octanol–water partition coefficient (Wildman–Crippen LogP) is 3.59. The van der Waals surface area contributed by atoms with Crippen molar-refractivity contribution in [2.45, 2.75) is 31.1 Å². The van der Waals surface area contributed by atoms with Gasteiger partial charge in [0, 0.05) is 4.90 Å². The van der Waals surface area contributed by atoms with Crippen molar-refractivity contribution < 1.29 is 0 Å². The number of benzene rings is 1. The van der Waals surface area contributed by atoms with Crippen molar-refractivity contribution in [3.63, 3.8) is 0 Å². The third-order valence-corrected chi connectivity index (χ3v) is 2.85. The molecule has 0 atom stereocenters. The first-order valence-corrected chi connectivity index (χ1v) is 5.50. The predicted molar refractivity (Wildman–Crippen MR) is 65.3 cm³/mol. The molecular formula is C12H17NS. The second-order valence-electron chi connectivity index (χ2n) is 4.32. The summed E-state index contributed by atoms with van der Waals surface area (Å²) in [7, 11) is 0. The first-order valence-electron chi connectivity index (χ1n) is 4.62. The monoisotopic (exact) mass is 207 g/mol. The minimum Gasteiger partial charge on any atom is -0.274 e. The van der Waals surface area contributed by atoms with Gasteiger partial charge in [0.1, 0.15) is 0 Å². The number of rotatable bonds is 2. The molecule has 1 rings (SSSR count). The molecular weight excluding hydrogens is 190 g/mol. The fourth-order valence-electron chi connectivity index (χ4n) is 1.28. The molecule has 76 valence electrons. The van der Waals surface area contributed by atoms with Crippen LogP contribution in [0.25, 0.3) is 6.08 Å². The summed E-state index contributed by atoms with van der Waals surface area (Å²) in [5.74, 6) is 0. The summed E-state index contributed by atoms with van der Waals surface area (Å²) in [6.07, 6.45) is 1.85. The highest BCUT2D eigenvalue weighted by Gasteiger charge is 2.14. The van der Waals surface area contributed by atoms with E-state index in [4.69, 9.17) is 5.14 Å². The van der Waals surface area contributed by atoms with Gasteiger partial charge in [-0.05, 0) is 34.6 Å². The quantitative estimate of drug-likeness (QED) is 0.750. The molecule has 0 spiro atoms. The van der Waals surface area contributed by atoms with Gasteiger partial charge in [-0.3, -0.25) is 5.14 Å². The van der Waals surface area contributed by atoms with Gasteiger partial charge in [0.15, 0.2) is 0 Å². The largest absolute Gasteiger partial charge is 0.274 e. The molecule has 2 heteroatoms. The van der Waals surface area contributed by atoms with E-state index in [9.17, 15) is 0 Å². The van der Waals surface area contributed by atoms with Crippen LogP contribution in [-0.4, -0.2) is 0 Å². The van der Waals surface area contributed by atoms with Crippen molar-refractivity contribution in [3.8, 4) is 0 Å². The van der Waals surface area contributed by atoms with Crippen molar-refractivity contribution in [2.24, 2.45) is 5.14 Å². The van der Waals surface area contributed by atoms with Crippen LogP contribution >= 0.6 is 11.9 Å². The first kappa shape index (κ1) is 11.3. The van der Waals surface area contributed by atoms with E-state index in [0.717, 1.165) is 10.5 Å². The normalized spacial score (nSPS) is 11.4. The van der Waals surface area contributed by atoms with Gasteiger partial charge in [0.2, 0.25) is 0 Å². The maximum atomic E-state index is 5.55. The molecule has 1 aromatic carbocycles. The Bertz CT molecular complexity index is 337. The van der Waals surface area contributed by atoms with Crippen molar-refractivity contribution in [1.29, 1.82) is 0 Å². The maximum absolute atomic E-state index is 5.55. The molecule has 0 aromatic heterocycles. The van der Waals surface area contributed by atoms with Gasteiger partial charge in [-0.25, -0.2) is 0 Å². The van der Waals surface area contributed by atoms with E-state index in [-0.39, 0.29) is 5.41 Å². The highest BCUT2D eigenvalue weighted by Crippen LogP contribution is 2.27. The molecule has 14 heavy (non-hydrogen) atoms. The Morgan fingerprint density at radius 1 is 1.36 bits per heavy atom. The molecule has 0 radical (unpaired) electrons. The van der Waals surface area contributed by atoms with Crippen LogP contribution in [0.3, 0.4) is 0 Å². The van der Waals surface area contributed by atoms with Crippen LogP contribution in [0.1, 0.15) is 31.9 Å². The van der Waals surface area contributed by atoms with Crippen LogP contribution in [-0.2, 0) is 5.41 Å². The fourth-order valence-corrected chi connectivity index (χ4v) is 1.71. The molecule has 0 bridgehead atoms. The summed E-state index contributed by atoms with van der Waals surface area (Å²) >= 11 is 1.27. The van der Waals surface area contributed by atoms with Crippen LogP contribution in [0.2, 0.25) is 0 Å². The number of hydrogen-bond acceptors (Lipinski definition) is 2. The second kappa shape index (κ2) is 4.20. The first-order chi connectivity index (χ1) is 6.49. The smallest absolute Gasteiger partial charge is 0.0298 e. The van der Waals surface area contributed by atoms with Gasteiger partial charge in [0.05, 0.1) is 0 Å². The van der Waals surface area contributed by atoms with Crippen molar-refractivity contribution in [2.75, 3.05) is 0 Å². The molecule has 0 aliphatic carbocycles. The third kappa shape index (κ3) is 2.40. The summed E-state index contributed by atoms with van der Waals surface area (Å²) in [4.78, 5) is 1.08. The summed E-state index contributed by atoms with van der Waals surface area (Å²) < 4.78 is 0. The van der Waals surface area contributed by atoms with Crippen LogP contribution < -0.4 is 5.14 Å². The van der Waals surface area contributed by atoms with E-state index in [2.05, 4.69) is 45.5 Å². The Morgan fingerprint density at radius 3 is 2.43 bits per heavy atom. The lowest BCUT2D eigenvalue weighted by atomic mass is 9.86. The van der Waals surface area contributed by atoms with E-state index in [1.54, 1.807) is 0 Å². The zero-order valence-corrected chi connectivity index (χ0v) is 9.82. The van der Waals surface area contributed by atoms with Crippen LogP contribution in [0.15, 0.2) is 29.7 Å². The minimum atomic E-state index is 0.176. The Hall–Kier alpha value is -0.730. The maximum Gasteiger partial charge on any atom is 0.0298 e. The highest BCUT2D eigenvalue weighted by molar-refractivity contribution is 7.97. The summed E-state index contributed by atoms with van der Waals surface area (Å²) in [6.45, 7) is 10.4. The van der Waals surface area contributed by atoms with E-state index in [1.807, 2.05) is 6.08 Å². The topological polar surface area (TPSA) is 26.0 Å². The van der Waals surface area contributed by atoms with E-state index < -0.39 is 0 Å². The Balaban J connectivity index is 3.21. The summed E-state index contributed by atoms with van der Waals surface area (Å²) in [5.41, 5.74) is 2.60. The standard InChI is InChI=1S/C12H17NS/c1-5-9-8-10(12(2,3)4)6-7-11(9)14-13/h5-8H,1,13H2,2-4H3. The van der Waals surface area contributed by atoms with Crippen LogP contribution in [0.5, 0.6) is 0 Å². The van der Waals surface area contributed by atoms with Gasteiger partial charge in [0.25, 0.3) is 0 Å². The Morgan fingerprint density at radius 2 is 2.00 bits per heavy atom. The average molecular weight is 207 g/mol. The van der Waals surface area contributed by atoms with Gasteiger partial charge in [-0.15, -0.1) is 0 Å². The van der Waals surface area contributed by atoms with E-state index in [0.29, 0.717) is 0 Å². The van der Waals surface area contributed by atoms with E-state index >= 15 is 0 Å². The molecule has 0 aliphatic rings. The molecule has 0 aliphatic heterocycles. The SMILES string of the molecule is C=Cc1cc(C(C)(C)C)ccc1SN. The molecule has 0 saturated carbocycles. The minimum absolute atomic E-state index is 0.176. The molecule has 1 aromatic rings. The molecule has 0 fully saturated rings. The lowest BCUT2D eigenvalue weighted by Gasteiger charge is -2.20. The number of nitrogens with two attached hydrogens (primary N) is 1. The molecule has 2 N–H and O–H groups in total.